The number of rotatable bonds is 3. The van der Waals surface area contributed by atoms with Crippen LogP contribution in [0.15, 0.2) is 45.7 Å². The highest BCUT2D eigenvalue weighted by atomic mass is 16.5. The lowest BCUT2D eigenvalue weighted by atomic mass is 10.1. The van der Waals surface area contributed by atoms with Gasteiger partial charge in [-0.05, 0) is 38.5 Å². The van der Waals surface area contributed by atoms with Gasteiger partial charge in [-0.25, -0.2) is 0 Å². The number of aryl methyl sites for hydroxylation is 3. The summed E-state index contributed by atoms with van der Waals surface area (Å²) < 4.78 is 6.80. The lowest BCUT2D eigenvalue weighted by molar-refractivity contribution is 0.392. The van der Waals surface area contributed by atoms with Crippen LogP contribution in [0.4, 0.5) is 0 Å². The normalized spacial score (nSPS) is 10.6. The minimum atomic E-state index is -0.310. The van der Waals surface area contributed by atoms with Gasteiger partial charge in [0.15, 0.2) is 0 Å². The summed E-state index contributed by atoms with van der Waals surface area (Å²) in [5.41, 5.74) is 4.25. The van der Waals surface area contributed by atoms with Crippen molar-refractivity contribution >= 4 is 0 Å². The van der Waals surface area contributed by atoms with Gasteiger partial charge in [-0.15, -0.1) is 0 Å². The summed E-state index contributed by atoms with van der Waals surface area (Å²) in [4.78, 5) is 12.7. The molecular formula is C19H17N3O2. The summed E-state index contributed by atoms with van der Waals surface area (Å²) in [5.74, 6) is 0.677. The highest BCUT2D eigenvalue weighted by Crippen LogP contribution is 2.22. The van der Waals surface area contributed by atoms with Crippen LogP contribution < -0.4 is 5.56 Å². The molecule has 3 rings (SSSR count). The molecule has 2 heterocycles. The van der Waals surface area contributed by atoms with Crippen LogP contribution in [-0.4, -0.2) is 9.72 Å². The third-order valence-corrected chi connectivity index (χ3v) is 4.14. The van der Waals surface area contributed by atoms with E-state index in [1.165, 1.54) is 0 Å². The maximum atomic E-state index is 12.7. The topological polar surface area (TPSA) is 71.8 Å². The summed E-state index contributed by atoms with van der Waals surface area (Å²) in [6.07, 6.45) is 0. The minimum Gasteiger partial charge on any atom is -0.361 e. The number of pyridine rings is 1. The van der Waals surface area contributed by atoms with Crippen LogP contribution in [-0.2, 0) is 6.54 Å². The first-order valence-corrected chi connectivity index (χ1v) is 7.64. The largest absolute Gasteiger partial charge is 0.361 e. The van der Waals surface area contributed by atoms with Gasteiger partial charge in [-0.3, -0.25) is 4.79 Å². The van der Waals surface area contributed by atoms with Gasteiger partial charge in [0.05, 0.1) is 17.9 Å². The lowest BCUT2D eigenvalue weighted by Gasteiger charge is -2.13. The Morgan fingerprint density at radius 2 is 1.83 bits per heavy atom. The zero-order valence-corrected chi connectivity index (χ0v) is 13.8. The molecular weight excluding hydrogens is 302 g/mol. The summed E-state index contributed by atoms with van der Waals surface area (Å²) >= 11 is 0. The molecule has 0 N–H and O–H groups in total. The molecule has 24 heavy (non-hydrogen) atoms. The van der Waals surface area contributed by atoms with E-state index in [0.29, 0.717) is 12.3 Å². The van der Waals surface area contributed by atoms with E-state index >= 15 is 0 Å². The summed E-state index contributed by atoms with van der Waals surface area (Å²) in [6.45, 7) is 5.99. The molecule has 5 heteroatoms. The molecule has 1 aromatic carbocycles. The van der Waals surface area contributed by atoms with Crippen molar-refractivity contribution in [2.75, 3.05) is 0 Å². The standard InChI is InChI=1S/C19H17N3O2/c1-12-4-6-15(7-5-12)18-9-8-16(10-20)19(23)22(18)11-17-13(2)21-24-14(17)3/h4-9H,11H2,1-3H3. The molecule has 120 valence electrons. The van der Waals surface area contributed by atoms with Gasteiger partial charge in [-0.1, -0.05) is 35.0 Å². The number of aromatic nitrogens is 2. The van der Waals surface area contributed by atoms with Gasteiger partial charge in [0.25, 0.3) is 5.56 Å². The molecule has 0 fully saturated rings. The highest BCUT2D eigenvalue weighted by molar-refractivity contribution is 5.61. The Hall–Kier alpha value is -3.13. The molecule has 0 saturated heterocycles. The second-order valence-electron chi connectivity index (χ2n) is 5.80. The quantitative estimate of drug-likeness (QED) is 0.742. The minimum absolute atomic E-state index is 0.123. The fraction of sp³-hybridized carbons (Fsp3) is 0.211. The Morgan fingerprint density at radius 1 is 1.12 bits per heavy atom. The molecule has 0 saturated carbocycles. The molecule has 2 aromatic heterocycles. The zero-order valence-electron chi connectivity index (χ0n) is 13.8. The predicted molar refractivity (Wildman–Crippen MR) is 90.7 cm³/mol. The maximum absolute atomic E-state index is 12.7. The first kappa shape index (κ1) is 15.8. The summed E-state index contributed by atoms with van der Waals surface area (Å²) in [7, 11) is 0. The zero-order chi connectivity index (χ0) is 17.3. The fourth-order valence-electron chi connectivity index (χ4n) is 2.68. The van der Waals surface area contributed by atoms with Crippen molar-refractivity contribution in [1.29, 1.82) is 5.26 Å². The first-order valence-electron chi connectivity index (χ1n) is 7.64. The monoisotopic (exact) mass is 319 g/mol. The third kappa shape index (κ3) is 2.74. The van der Waals surface area contributed by atoms with E-state index in [0.717, 1.165) is 28.1 Å². The average molecular weight is 319 g/mol. The molecule has 5 nitrogen and oxygen atoms in total. The highest BCUT2D eigenvalue weighted by Gasteiger charge is 2.15. The van der Waals surface area contributed by atoms with E-state index in [9.17, 15) is 10.1 Å². The predicted octanol–water partition coefficient (Wildman–Crippen LogP) is 3.35. The van der Waals surface area contributed by atoms with Crippen molar-refractivity contribution in [2.24, 2.45) is 0 Å². The van der Waals surface area contributed by atoms with Gasteiger partial charge >= 0.3 is 0 Å². The molecule has 0 spiro atoms. The Balaban J connectivity index is 2.20. The van der Waals surface area contributed by atoms with E-state index in [1.807, 2.05) is 57.2 Å². The van der Waals surface area contributed by atoms with Gasteiger partial charge in [0.1, 0.15) is 17.4 Å². The number of nitrogens with zero attached hydrogens (tertiary/aromatic N) is 3. The third-order valence-electron chi connectivity index (χ3n) is 4.14. The smallest absolute Gasteiger partial charge is 0.269 e. The maximum Gasteiger partial charge on any atom is 0.269 e. The Morgan fingerprint density at radius 3 is 2.42 bits per heavy atom. The van der Waals surface area contributed by atoms with Crippen LogP contribution >= 0.6 is 0 Å². The Labute approximate surface area is 139 Å². The van der Waals surface area contributed by atoms with Crippen LogP contribution in [0.25, 0.3) is 11.3 Å². The van der Waals surface area contributed by atoms with Crippen LogP contribution in [0, 0.1) is 32.1 Å². The number of hydrogen-bond acceptors (Lipinski definition) is 4. The van der Waals surface area contributed by atoms with Crippen LogP contribution in [0.2, 0.25) is 0 Å². The van der Waals surface area contributed by atoms with E-state index in [2.05, 4.69) is 5.16 Å². The van der Waals surface area contributed by atoms with Crippen LogP contribution in [0.1, 0.15) is 28.1 Å². The second kappa shape index (κ2) is 6.17. The Bertz CT molecular complexity index is 969. The van der Waals surface area contributed by atoms with Crippen molar-refractivity contribution in [1.82, 2.24) is 9.72 Å². The number of nitriles is 1. The van der Waals surface area contributed by atoms with E-state index < -0.39 is 0 Å². The number of benzene rings is 1. The van der Waals surface area contributed by atoms with Crippen LogP contribution in [0.3, 0.4) is 0 Å². The molecule has 0 aliphatic carbocycles. The average Bonchev–Trinajstić information content (AvgIpc) is 2.89. The summed E-state index contributed by atoms with van der Waals surface area (Å²) in [5, 5.41) is 13.1. The van der Waals surface area contributed by atoms with Crippen LogP contribution in [0.5, 0.6) is 0 Å². The fourth-order valence-corrected chi connectivity index (χ4v) is 2.68. The molecule has 0 aliphatic heterocycles. The van der Waals surface area contributed by atoms with Crippen molar-refractivity contribution in [3.63, 3.8) is 0 Å². The van der Waals surface area contributed by atoms with Gasteiger partial charge in [-0.2, -0.15) is 5.26 Å². The van der Waals surface area contributed by atoms with E-state index in [-0.39, 0.29) is 11.1 Å². The second-order valence-corrected chi connectivity index (χ2v) is 5.80. The molecule has 0 atom stereocenters. The first-order chi connectivity index (χ1) is 11.5. The van der Waals surface area contributed by atoms with E-state index in [1.54, 1.807) is 10.6 Å². The van der Waals surface area contributed by atoms with Gasteiger partial charge in [0, 0.05) is 5.56 Å². The summed E-state index contributed by atoms with van der Waals surface area (Å²) in [6, 6.07) is 13.3. The number of hydrogen-bond donors (Lipinski definition) is 0. The molecule has 0 unspecified atom stereocenters. The van der Waals surface area contributed by atoms with Gasteiger partial charge in [0.2, 0.25) is 0 Å². The molecule has 0 bridgehead atoms. The van der Waals surface area contributed by atoms with Gasteiger partial charge < -0.3 is 9.09 Å². The Kier molecular flexibility index (Phi) is 4.05. The molecule has 0 radical (unpaired) electrons. The molecule has 0 aliphatic rings. The van der Waals surface area contributed by atoms with Crippen molar-refractivity contribution in [3.05, 3.63) is 74.9 Å². The van der Waals surface area contributed by atoms with Crippen molar-refractivity contribution < 1.29 is 4.52 Å². The van der Waals surface area contributed by atoms with E-state index in [4.69, 9.17) is 4.52 Å². The SMILES string of the molecule is Cc1ccc(-c2ccc(C#N)c(=O)n2Cc2c(C)noc2C)cc1. The molecule has 0 amide bonds. The lowest BCUT2D eigenvalue weighted by Crippen LogP contribution is -2.25. The van der Waals surface area contributed by atoms with Crippen molar-refractivity contribution in [2.45, 2.75) is 27.3 Å². The van der Waals surface area contributed by atoms with Crippen molar-refractivity contribution in [3.8, 4) is 17.3 Å². The molecule has 3 aromatic rings.